The van der Waals surface area contributed by atoms with Gasteiger partial charge in [-0.2, -0.15) is 4.31 Å². The average molecular weight is 422 g/mol. The minimum atomic E-state index is -3.71. The number of piperazine rings is 1. The van der Waals surface area contributed by atoms with E-state index >= 15 is 0 Å². The van der Waals surface area contributed by atoms with E-state index in [4.69, 9.17) is 9.47 Å². The Morgan fingerprint density at radius 3 is 2.28 bits per heavy atom. The van der Waals surface area contributed by atoms with Crippen LogP contribution in [-0.2, 0) is 16.6 Å². The van der Waals surface area contributed by atoms with E-state index in [0.717, 1.165) is 5.56 Å². The van der Waals surface area contributed by atoms with E-state index in [1.165, 1.54) is 41.6 Å². The first-order chi connectivity index (χ1) is 13.8. The molecule has 0 aliphatic carbocycles. The first-order valence-corrected chi connectivity index (χ1v) is 10.6. The summed E-state index contributed by atoms with van der Waals surface area (Å²) in [5.74, 6) is 0.735. The number of hydrogen-bond donors (Lipinski definition) is 1. The first kappa shape index (κ1) is 21.0. The van der Waals surface area contributed by atoms with Crippen molar-refractivity contribution < 1.29 is 27.7 Å². The third kappa shape index (κ3) is 4.66. The summed E-state index contributed by atoms with van der Waals surface area (Å²) in [6, 6.07) is 11.2. The van der Waals surface area contributed by atoms with Crippen molar-refractivity contribution in [2.24, 2.45) is 0 Å². The molecule has 1 aliphatic rings. The number of benzene rings is 2. The molecule has 1 saturated heterocycles. The van der Waals surface area contributed by atoms with Crippen molar-refractivity contribution in [2.75, 3.05) is 40.4 Å². The van der Waals surface area contributed by atoms with E-state index in [2.05, 4.69) is 0 Å². The van der Waals surface area contributed by atoms with Gasteiger partial charge < -0.3 is 14.4 Å². The van der Waals surface area contributed by atoms with Gasteiger partial charge in [0.2, 0.25) is 10.0 Å². The Kier molecular flexibility index (Phi) is 6.36. The van der Waals surface area contributed by atoms with Crippen molar-refractivity contribution in [1.82, 2.24) is 4.31 Å². The Labute approximate surface area is 169 Å². The lowest BCUT2D eigenvalue weighted by Crippen LogP contribution is -3.13. The number of methoxy groups -OCH3 is 2. The Morgan fingerprint density at radius 1 is 1.07 bits per heavy atom. The summed E-state index contributed by atoms with van der Waals surface area (Å²) in [5.41, 5.74) is 1.04. The molecule has 2 aromatic rings. The number of nitro groups is 1. The summed E-state index contributed by atoms with van der Waals surface area (Å²) in [4.78, 5) is 11.7. The van der Waals surface area contributed by atoms with Crippen molar-refractivity contribution in [3.8, 4) is 11.5 Å². The van der Waals surface area contributed by atoms with Gasteiger partial charge in [0.05, 0.1) is 45.3 Å². The van der Waals surface area contributed by atoms with Crippen molar-refractivity contribution >= 4 is 15.7 Å². The van der Waals surface area contributed by atoms with Crippen LogP contribution < -0.4 is 14.4 Å². The molecule has 0 bridgehead atoms. The maximum absolute atomic E-state index is 13.1. The lowest BCUT2D eigenvalue weighted by molar-refractivity contribution is -0.917. The van der Waals surface area contributed by atoms with E-state index in [9.17, 15) is 18.5 Å². The molecule has 10 heteroatoms. The second kappa shape index (κ2) is 8.76. The monoisotopic (exact) mass is 422 g/mol. The third-order valence-electron chi connectivity index (χ3n) is 5.02. The Hall–Kier alpha value is -2.69. The number of nitrogens with one attached hydrogen (secondary N) is 1. The molecule has 0 unspecified atom stereocenters. The molecular formula is C19H24N3O6S+. The van der Waals surface area contributed by atoms with Gasteiger partial charge in [0.1, 0.15) is 22.9 Å². The topological polar surface area (TPSA) is 103 Å². The molecule has 0 amide bonds. The van der Waals surface area contributed by atoms with Crippen LogP contribution in [0.2, 0.25) is 0 Å². The number of nitro benzene ring substituents is 1. The fourth-order valence-corrected chi connectivity index (χ4v) is 4.98. The van der Waals surface area contributed by atoms with Gasteiger partial charge in [-0.1, -0.05) is 0 Å². The van der Waals surface area contributed by atoms with E-state index in [0.29, 0.717) is 38.5 Å². The highest BCUT2D eigenvalue weighted by Crippen LogP contribution is 2.30. The lowest BCUT2D eigenvalue weighted by atomic mass is 10.2. The van der Waals surface area contributed by atoms with E-state index in [-0.39, 0.29) is 16.3 Å². The molecule has 0 atom stereocenters. The number of nitrogens with zero attached hydrogens (tertiary/aromatic N) is 2. The van der Waals surface area contributed by atoms with Crippen LogP contribution in [0.5, 0.6) is 11.5 Å². The molecule has 0 spiro atoms. The van der Waals surface area contributed by atoms with Gasteiger partial charge in [-0.05, 0) is 24.3 Å². The van der Waals surface area contributed by atoms with Crippen LogP contribution in [0.3, 0.4) is 0 Å². The maximum atomic E-state index is 13.1. The minimum absolute atomic E-state index is 0.0619. The molecule has 1 fully saturated rings. The zero-order valence-electron chi connectivity index (χ0n) is 16.3. The average Bonchev–Trinajstić information content (AvgIpc) is 2.74. The molecule has 9 nitrogen and oxygen atoms in total. The molecule has 0 aromatic heterocycles. The zero-order chi connectivity index (χ0) is 21.0. The summed E-state index contributed by atoms with van der Waals surface area (Å²) in [5, 5.41) is 10.8. The van der Waals surface area contributed by atoms with Gasteiger partial charge >= 0.3 is 0 Å². The van der Waals surface area contributed by atoms with Crippen molar-refractivity contribution in [2.45, 2.75) is 11.4 Å². The summed E-state index contributed by atoms with van der Waals surface area (Å²) < 4.78 is 38.1. The molecule has 156 valence electrons. The molecule has 3 rings (SSSR count). The molecular weight excluding hydrogens is 398 g/mol. The fraction of sp³-hybridized carbons (Fsp3) is 0.368. The second-order valence-corrected chi connectivity index (χ2v) is 8.68. The number of sulfonamides is 1. The van der Waals surface area contributed by atoms with Crippen molar-refractivity contribution in [3.63, 3.8) is 0 Å². The van der Waals surface area contributed by atoms with Crippen LogP contribution in [0.15, 0.2) is 47.4 Å². The van der Waals surface area contributed by atoms with Crippen LogP contribution >= 0.6 is 0 Å². The van der Waals surface area contributed by atoms with Gasteiger partial charge in [0.15, 0.2) is 0 Å². The molecule has 29 heavy (non-hydrogen) atoms. The van der Waals surface area contributed by atoms with E-state index < -0.39 is 14.9 Å². The van der Waals surface area contributed by atoms with E-state index in [1.54, 1.807) is 24.3 Å². The predicted octanol–water partition coefficient (Wildman–Crippen LogP) is 0.701. The zero-order valence-corrected chi connectivity index (χ0v) is 17.1. The molecule has 1 N–H and O–H groups in total. The summed E-state index contributed by atoms with van der Waals surface area (Å²) in [6.07, 6.45) is 0. The molecule has 2 aromatic carbocycles. The quantitative estimate of drug-likeness (QED) is 0.521. The smallest absolute Gasteiger partial charge is 0.269 e. The van der Waals surface area contributed by atoms with Crippen LogP contribution in [0.1, 0.15) is 5.56 Å². The number of quaternary nitrogens is 1. The van der Waals surface area contributed by atoms with Gasteiger partial charge in [0.25, 0.3) is 5.69 Å². The SMILES string of the molecule is COc1ccc(OC)c(S(=O)(=O)N2CC[NH+](Cc3ccc([N+](=O)[O-])cc3)CC2)c1. The van der Waals surface area contributed by atoms with E-state index in [1.807, 2.05) is 0 Å². The van der Waals surface area contributed by atoms with Gasteiger partial charge in [-0.3, -0.25) is 10.1 Å². The minimum Gasteiger partial charge on any atom is -0.497 e. The number of rotatable bonds is 7. The van der Waals surface area contributed by atoms with Crippen molar-refractivity contribution in [3.05, 3.63) is 58.1 Å². The second-order valence-electron chi connectivity index (χ2n) is 6.77. The maximum Gasteiger partial charge on any atom is 0.269 e. The van der Waals surface area contributed by atoms with Crippen molar-refractivity contribution in [1.29, 1.82) is 0 Å². The summed E-state index contributed by atoms with van der Waals surface area (Å²) >= 11 is 0. The lowest BCUT2D eigenvalue weighted by Gasteiger charge is -2.31. The van der Waals surface area contributed by atoms with Gasteiger partial charge in [-0.25, -0.2) is 8.42 Å². The Balaban J connectivity index is 1.67. The number of ether oxygens (including phenoxy) is 2. The first-order valence-electron chi connectivity index (χ1n) is 9.14. The number of hydrogen-bond acceptors (Lipinski definition) is 6. The third-order valence-corrected chi connectivity index (χ3v) is 6.94. The molecule has 1 aliphatic heterocycles. The molecule has 0 radical (unpaired) electrons. The predicted molar refractivity (Wildman–Crippen MR) is 106 cm³/mol. The fourth-order valence-electron chi connectivity index (χ4n) is 3.37. The largest absolute Gasteiger partial charge is 0.497 e. The normalized spacial score (nSPS) is 15.8. The van der Waals surface area contributed by atoms with Crippen LogP contribution in [0.4, 0.5) is 5.69 Å². The highest BCUT2D eigenvalue weighted by Gasteiger charge is 2.32. The summed E-state index contributed by atoms with van der Waals surface area (Å²) in [7, 11) is -0.787. The van der Waals surface area contributed by atoms with Gasteiger partial charge in [-0.15, -0.1) is 0 Å². The Bertz CT molecular complexity index is 970. The van der Waals surface area contributed by atoms with Crippen LogP contribution in [0, 0.1) is 10.1 Å². The summed E-state index contributed by atoms with van der Waals surface area (Å²) in [6.45, 7) is 2.73. The van der Waals surface area contributed by atoms with Crippen LogP contribution in [0.25, 0.3) is 0 Å². The molecule has 0 saturated carbocycles. The number of non-ortho nitro benzene ring substituents is 1. The molecule has 1 heterocycles. The Morgan fingerprint density at radius 2 is 1.72 bits per heavy atom. The van der Waals surface area contributed by atoms with Crippen LogP contribution in [-0.4, -0.2) is 58.0 Å². The van der Waals surface area contributed by atoms with Gasteiger partial charge in [0, 0.05) is 23.8 Å². The standard InChI is InChI=1S/C19H23N3O6S/c1-27-17-7-8-18(28-2)19(13-17)29(25,26)21-11-9-20(10-12-21)14-15-3-5-16(6-4-15)22(23)24/h3-8,13H,9-12,14H2,1-2H3/p+1. The highest BCUT2D eigenvalue weighted by molar-refractivity contribution is 7.89. The highest BCUT2D eigenvalue weighted by atomic mass is 32.2.